The summed E-state index contributed by atoms with van der Waals surface area (Å²) in [7, 11) is -3.73. The highest BCUT2D eigenvalue weighted by Crippen LogP contribution is 2.29. The molecule has 128 valence electrons. The molecule has 0 saturated carbocycles. The van der Waals surface area contributed by atoms with E-state index in [4.69, 9.17) is 0 Å². The van der Waals surface area contributed by atoms with Gasteiger partial charge in [-0.05, 0) is 43.0 Å². The zero-order chi connectivity index (χ0) is 17.3. The quantitative estimate of drug-likeness (QED) is 0.831. The number of aryl methyl sites for hydroxylation is 1. The van der Waals surface area contributed by atoms with E-state index in [2.05, 4.69) is 0 Å². The third kappa shape index (κ3) is 3.23. The molecular weight excluding hydrogens is 326 g/mol. The maximum atomic E-state index is 12.7. The lowest BCUT2D eigenvalue weighted by Crippen LogP contribution is -2.42. The summed E-state index contributed by atoms with van der Waals surface area (Å²) >= 11 is 0. The number of nitrogens with zero attached hydrogens (tertiary/aromatic N) is 1. The van der Waals surface area contributed by atoms with Crippen LogP contribution in [-0.4, -0.2) is 41.8 Å². The van der Waals surface area contributed by atoms with E-state index in [1.54, 1.807) is 24.3 Å². The summed E-state index contributed by atoms with van der Waals surface area (Å²) in [6.07, 6.45) is -0.574. The van der Waals surface area contributed by atoms with E-state index in [0.29, 0.717) is 19.4 Å². The van der Waals surface area contributed by atoms with Crippen molar-refractivity contribution < 1.29 is 18.6 Å². The molecule has 0 aromatic heterocycles. The normalized spacial score (nSPS) is 19.1. The number of aliphatic hydroxyl groups excluding tert-OH is 1. The second-order valence-electron chi connectivity index (χ2n) is 6.13. The smallest absolute Gasteiger partial charge is 0.243 e. The number of rotatable bonds is 4. The van der Waals surface area contributed by atoms with Crippen molar-refractivity contribution in [2.24, 2.45) is 0 Å². The monoisotopic (exact) mass is 347 g/mol. The van der Waals surface area contributed by atoms with Gasteiger partial charge in [0.05, 0.1) is 10.9 Å². The zero-order valence-corrected chi connectivity index (χ0v) is 14.3. The second-order valence-corrected chi connectivity index (χ2v) is 8.02. The summed E-state index contributed by atoms with van der Waals surface area (Å²) in [5.41, 5.74) is 3.13. The summed E-state index contributed by atoms with van der Waals surface area (Å²) in [6, 6.07) is 13.9. The molecule has 0 amide bonds. The van der Waals surface area contributed by atoms with Crippen molar-refractivity contribution >= 4 is 10.0 Å². The molecule has 1 fully saturated rings. The molecule has 1 heterocycles. The van der Waals surface area contributed by atoms with Crippen molar-refractivity contribution in [2.45, 2.75) is 37.0 Å². The van der Waals surface area contributed by atoms with Crippen molar-refractivity contribution in [1.82, 2.24) is 4.31 Å². The fraction of sp³-hybridized carbons (Fsp3) is 0.333. The van der Waals surface area contributed by atoms with Crippen molar-refractivity contribution in [3.63, 3.8) is 0 Å². The molecule has 6 heteroatoms. The fourth-order valence-electron chi connectivity index (χ4n) is 3.06. The summed E-state index contributed by atoms with van der Waals surface area (Å²) in [5.74, 6) is 0. The van der Waals surface area contributed by atoms with Gasteiger partial charge in [-0.1, -0.05) is 42.0 Å². The van der Waals surface area contributed by atoms with Crippen molar-refractivity contribution in [3.05, 3.63) is 54.1 Å². The SMILES string of the molecule is Cc1ccc(-c2ccc(S(=O)(=O)N3CCC[C@H]3C(O)O)cc2)cc1. The van der Waals surface area contributed by atoms with Gasteiger partial charge in [-0.3, -0.25) is 0 Å². The highest BCUT2D eigenvalue weighted by molar-refractivity contribution is 7.89. The van der Waals surface area contributed by atoms with Crippen LogP contribution in [0.4, 0.5) is 0 Å². The summed E-state index contributed by atoms with van der Waals surface area (Å²) in [4.78, 5) is 0.172. The van der Waals surface area contributed by atoms with Gasteiger partial charge in [0.2, 0.25) is 10.0 Å². The van der Waals surface area contributed by atoms with Crippen molar-refractivity contribution in [2.75, 3.05) is 6.54 Å². The van der Waals surface area contributed by atoms with Gasteiger partial charge in [0, 0.05) is 6.54 Å². The molecule has 0 spiro atoms. The molecule has 0 unspecified atom stereocenters. The van der Waals surface area contributed by atoms with Gasteiger partial charge < -0.3 is 10.2 Å². The van der Waals surface area contributed by atoms with Gasteiger partial charge in [-0.2, -0.15) is 4.31 Å². The third-order valence-corrected chi connectivity index (χ3v) is 6.38. The summed E-state index contributed by atoms with van der Waals surface area (Å²) in [6.45, 7) is 2.33. The van der Waals surface area contributed by atoms with E-state index < -0.39 is 22.4 Å². The number of sulfonamides is 1. The summed E-state index contributed by atoms with van der Waals surface area (Å²) in [5, 5.41) is 18.8. The second kappa shape index (κ2) is 6.64. The molecule has 0 bridgehead atoms. The standard InChI is InChI=1S/C18H21NO4S/c1-13-4-6-14(7-5-13)15-8-10-16(11-9-15)24(22,23)19-12-2-3-17(19)18(20)21/h4-11,17-18,20-21H,2-3,12H2,1H3/t17-/m0/s1. The van der Waals surface area contributed by atoms with Gasteiger partial charge in [0.15, 0.2) is 6.29 Å². The molecule has 5 nitrogen and oxygen atoms in total. The van der Waals surface area contributed by atoms with E-state index in [1.807, 2.05) is 31.2 Å². The van der Waals surface area contributed by atoms with Crippen LogP contribution in [0.3, 0.4) is 0 Å². The van der Waals surface area contributed by atoms with Crippen LogP contribution in [0.2, 0.25) is 0 Å². The van der Waals surface area contributed by atoms with Gasteiger partial charge >= 0.3 is 0 Å². The number of benzene rings is 2. The van der Waals surface area contributed by atoms with Crippen LogP contribution in [0.1, 0.15) is 18.4 Å². The third-order valence-electron chi connectivity index (χ3n) is 4.44. The molecule has 0 aliphatic carbocycles. The Morgan fingerprint density at radius 2 is 1.54 bits per heavy atom. The first kappa shape index (κ1) is 17.1. The van der Waals surface area contributed by atoms with Crippen LogP contribution in [0, 0.1) is 6.92 Å². The fourth-order valence-corrected chi connectivity index (χ4v) is 4.75. The van der Waals surface area contributed by atoms with Crippen LogP contribution in [0.25, 0.3) is 11.1 Å². The average molecular weight is 347 g/mol. The molecule has 2 aromatic carbocycles. The number of aliphatic hydroxyl groups is 2. The van der Waals surface area contributed by atoms with Crippen molar-refractivity contribution in [1.29, 1.82) is 0 Å². The van der Waals surface area contributed by atoms with Gasteiger partial charge in [-0.25, -0.2) is 8.42 Å². The van der Waals surface area contributed by atoms with E-state index in [-0.39, 0.29) is 4.90 Å². The molecule has 0 radical (unpaired) electrons. The number of hydrogen-bond donors (Lipinski definition) is 2. The molecule has 1 atom stereocenters. The topological polar surface area (TPSA) is 77.8 Å². The minimum Gasteiger partial charge on any atom is -0.367 e. The molecule has 24 heavy (non-hydrogen) atoms. The molecular formula is C18H21NO4S. The van der Waals surface area contributed by atoms with E-state index in [0.717, 1.165) is 11.1 Å². The van der Waals surface area contributed by atoms with E-state index >= 15 is 0 Å². The highest BCUT2D eigenvalue weighted by atomic mass is 32.2. The van der Waals surface area contributed by atoms with Crippen LogP contribution < -0.4 is 0 Å². The Balaban J connectivity index is 1.88. The Morgan fingerprint density at radius 1 is 1.00 bits per heavy atom. The Bertz CT molecular complexity index is 798. The maximum Gasteiger partial charge on any atom is 0.243 e. The van der Waals surface area contributed by atoms with E-state index in [9.17, 15) is 18.6 Å². The van der Waals surface area contributed by atoms with Crippen molar-refractivity contribution in [3.8, 4) is 11.1 Å². The first-order chi connectivity index (χ1) is 11.4. The zero-order valence-electron chi connectivity index (χ0n) is 13.5. The number of hydrogen-bond acceptors (Lipinski definition) is 4. The first-order valence-corrected chi connectivity index (χ1v) is 9.39. The van der Waals surface area contributed by atoms with Crippen LogP contribution >= 0.6 is 0 Å². The van der Waals surface area contributed by atoms with Crippen LogP contribution in [-0.2, 0) is 10.0 Å². The Labute approximate surface area is 142 Å². The molecule has 1 aliphatic heterocycles. The lowest BCUT2D eigenvalue weighted by Gasteiger charge is -2.25. The van der Waals surface area contributed by atoms with Gasteiger partial charge in [-0.15, -0.1) is 0 Å². The Hall–Kier alpha value is -1.73. The highest BCUT2D eigenvalue weighted by Gasteiger charge is 2.38. The van der Waals surface area contributed by atoms with E-state index in [1.165, 1.54) is 9.87 Å². The molecule has 3 rings (SSSR count). The van der Waals surface area contributed by atoms with Crippen LogP contribution in [0.5, 0.6) is 0 Å². The minimum absolute atomic E-state index is 0.172. The molecule has 2 aromatic rings. The Kier molecular flexibility index (Phi) is 4.73. The average Bonchev–Trinajstić information content (AvgIpc) is 3.06. The van der Waals surface area contributed by atoms with Crippen LogP contribution in [0.15, 0.2) is 53.4 Å². The molecule has 1 aliphatic rings. The molecule has 2 N–H and O–H groups in total. The largest absolute Gasteiger partial charge is 0.367 e. The minimum atomic E-state index is -3.73. The van der Waals surface area contributed by atoms with Gasteiger partial charge in [0.25, 0.3) is 0 Å². The predicted octanol–water partition coefficient (Wildman–Crippen LogP) is 2.13. The lowest BCUT2D eigenvalue weighted by molar-refractivity contribution is -0.0768. The summed E-state index contributed by atoms with van der Waals surface area (Å²) < 4.78 is 26.7. The Morgan fingerprint density at radius 3 is 2.08 bits per heavy atom. The first-order valence-electron chi connectivity index (χ1n) is 7.95. The predicted molar refractivity (Wildman–Crippen MR) is 91.8 cm³/mol. The van der Waals surface area contributed by atoms with Gasteiger partial charge in [0.1, 0.15) is 0 Å². The maximum absolute atomic E-state index is 12.7. The lowest BCUT2D eigenvalue weighted by atomic mass is 10.0. The molecule has 1 saturated heterocycles.